The molecule has 4 nitrogen and oxygen atoms in total. The fourth-order valence-electron chi connectivity index (χ4n) is 1.61. The highest BCUT2D eigenvalue weighted by Crippen LogP contribution is 2.32. The van der Waals surface area contributed by atoms with Gasteiger partial charge in [0, 0.05) is 11.1 Å². The molecule has 0 spiro atoms. The van der Waals surface area contributed by atoms with Crippen molar-refractivity contribution in [2.24, 2.45) is 0 Å². The van der Waals surface area contributed by atoms with Crippen molar-refractivity contribution in [1.29, 1.82) is 0 Å². The van der Waals surface area contributed by atoms with Crippen molar-refractivity contribution in [2.75, 3.05) is 12.8 Å². The normalized spacial score (nSPS) is 10.2. The van der Waals surface area contributed by atoms with Crippen LogP contribution >= 0.6 is 11.8 Å². The van der Waals surface area contributed by atoms with Gasteiger partial charge in [0.2, 0.25) is 0 Å². The zero-order valence-electron chi connectivity index (χ0n) is 10.7. The third kappa shape index (κ3) is 3.06. The molecule has 0 aliphatic rings. The summed E-state index contributed by atoms with van der Waals surface area (Å²) in [5, 5.41) is 0.605. The molecule has 98 valence electrons. The zero-order valence-corrected chi connectivity index (χ0v) is 11.5. The van der Waals surface area contributed by atoms with E-state index in [0.29, 0.717) is 16.3 Å². The topological polar surface area (TPSA) is 65.2 Å². The maximum absolute atomic E-state index is 11.6. The van der Waals surface area contributed by atoms with Gasteiger partial charge in [0.25, 0.3) is 0 Å². The molecule has 0 aliphatic heterocycles. The molecule has 1 aromatic heterocycles. The Balaban J connectivity index is 2.33. The molecule has 2 N–H and O–H groups in total. The van der Waals surface area contributed by atoms with Crippen LogP contribution in [0, 0.1) is 6.92 Å². The lowest BCUT2D eigenvalue weighted by atomic mass is 10.2. The third-order valence-corrected chi connectivity index (χ3v) is 3.57. The Labute approximate surface area is 116 Å². The van der Waals surface area contributed by atoms with E-state index in [-0.39, 0.29) is 0 Å². The lowest BCUT2D eigenvalue weighted by molar-refractivity contribution is 0.0601. The van der Waals surface area contributed by atoms with Crippen molar-refractivity contribution in [2.45, 2.75) is 16.8 Å². The first kappa shape index (κ1) is 13.4. The molecule has 0 fully saturated rings. The molecule has 2 aromatic rings. The Kier molecular flexibility index (Phi) is 4.06. The molecule has 1 heterocycles. The number of aryl methyl sites for hydroxylation is 1. The fourth-order valence-corrected chi connectivity index (χ4v) is 2.56. The number of carbonyl (C=O) groups is 1. The number of nitrogens with two attached hydrogens (primary N) is 1. The molecule has 0 unspecified atom stereocenters. The molecular weight excluding hydrogens is 260 g/mol. The standard InChI is InChI=1S/C14H14N2O2S/c1-9-4-3-5-10(8-9)19-13-12(15)11(6-7-16-13)14(17)18-2/h3-8H,15H2,1-2H3. The summed E-state index contributed by atoms with van der Waals surface area (Å²) in [5.41, 5.74) is 7.81. The molecule has 5 heteroatoms. The summed E-state index contributed by atoms with van der Waals surface area (Å²) in [5.74, 6) is -0.453. The van der Waals surface area contributed by atoms with Crippen molar-refractivity contribution in [3.8, 4) is 0 Å². The number of methoxy groups -OCH3 is 1. The van der Waals surface area contributed by atoms with E-state index in [1.54, 1.807) is 12.3 Å². The summed E-state index contributed by atoms with van der Waals surface area (Å²) in [4.78, 5) is 16.8. The van der Waals surface area contributed by atoms with Crippen molar-refractivity contribution in [3.05, 3.63) is 47.7 Å². The Bertz CT molecular complexity index is 614. The first-order chi connectivity index (χ1) is 9.11. The molecule has 0 atom stereocenters. The van der Waals surface area contributed by atoms with Gasteiger partial charge in [-0.1, -0.05) is 29.5 Å². The highest BCUT2D eigenvalue weighted by molar-refractivity contribution is 7.99. The van der Waals surface area contributed by atoms with Gasteiger partial charge >= 0.3 is 5.97 Å². The van der Waals surface area contributed by atoms with Crippen LogP contribution in [0.5, 0.6) is 0 Å². The van der Waals surface area contributed by atoms with Gasteiger partial charge in [0.15, 0.2) is 0 Å². The van der Waals surface area contributed by atoms with Crippen molar-refractivity contribution in [1.82, 2.24) is 4.98 Å². The fraction of sp³-hybridized carbons (Fsp3) is 0.143. The zero-order chi connectivity index (χ0) is 13.8. The van der Waals surface area contributed by atoms with E-state index in [2.05, 4.69) is 9.72 Å². The number of anilines is 1. The van der Waals surface area contributed by atoms with Crippen molar-refractivity contribution in [3.63, 3.8) is 0 Å². The molecule has 0 saturated carbocycles. The van der Waals surface area contributed by atoms with E-state index in [4.69, 9.17) is 5.73 Å². The predicted octanol–water partition coefficient (Wildman–Crippen LogP) is 2.91. The number of benzene rings is 1. The Morgan fingerprint density at radius 2 is 2.16 bits per heavy atom. The summed E-state index contributed by atoms with van der Waals surface area (Å²) in [6, 6.07) is 9.56. The predicted molar refractivity (Wildman–Crippen MR) is 75.3 cm³/mol. The van der Waals surface area contributed by atoms with Gasteiger partial charge in [0.05, 0.1) is 18.4 Å². The number of hydrogen-bond acceptors (Lipinski definition) is 5. The second kappa shape index (κ2) is 5.75. The van der Waals surface area contributed by atoms with Gasteiger partial charge < -0.3 is 10.5 Å². The number of ether oxygens (including phenoxy) is 1. The van der Waals surface area contributed by atoms with Crippen LogP contribution < -0.4 is 5.73 Å². The summed E-state index contributed by atoms with van der Waals surface area (Å²) in [6.07, 6.45) is 1.56. The highest BCUT2D eigenvalue weighted by atomic mass is 32.2. The number of rotatable bonds is 3. The summed E-state index contributed by atoms with van der Waals surface area (Å²) in [6.45, 7) is 2.02. The summed E-state index contributed by atoms with van der Waals surface area (Å²) in [7, 11) is 1.33. The van der Waals surface area contributed by atoms with Gasteiger partial charge in [-0.2, -0.15) is 0 Å². The van der Waals surface area contributed by atoms with Crippen LogP contribution in [0.15, 0.2) is 46.5 Å². The van der Waals surface area contributed by atoms with Gasteiger partial charge in [-0.15, -0.1) is 0 Å². The minimum Gasteiger partial charge on any atom is -0.465 e. The maximum atomic E-state index is 11.6. The number of hydrogen-bond donors (Lipinski definition) is 1. The number of pyridine rings is 1. The maximum Gasteiger partial charge on any atom is 0.340 e. The Morgan fingerprint density at radius 1 is 1.37 bits per heavy atom. The highest BCUT2D eigenvalue weighted by Gasteiger charge is 2.14. The van der Waals surface area contributed by atoms with Crippen LogP contribution in [0.25, 0.3) is 0 Å². The molecule has 0 bridgehead atoms. The van der Waals surface area contributed by atoms with Crippen LogP contribution in [-0.2, 0) is 4.74 Å². The summed E-state index contributed by atoms with van der Waals surface area (Å²) < 4.78 is 4.69. The summed E-state index contributed by atoms with van der Waals surface area (Å²) >= 11 is 1.43. The minimum atomic E-state index is -0.453. The largest absolute Gasteiger partial charge is 0.465 e. The van der Waals surface area contributed by atoms with Gasteiger partial charge in [0.1, 0.15) is 5.03 Å². The number of esters is 1. The van der Waals surface area contributed by atoms with E-state index in [1.165, 1.54) is 18.9 Å². The first-order valence-electron chi connectivity index (χ1n) is 5.69. The average molecular weight is 274 g/mol. The van der Waals surface area contributed by atoms with Gasteiger partial charge in [-0.05, 0) is 25.1 Å². The van der Waals surface area contributed by atoms with Crippen LogP contribution in [0.1, 0.15) is 15.9 Å². The second-order valence-electron chi connectivity index (χ2n) is 3.99. The van der Waals surface area contributed by atoms with Crippen LogP contribution in [0.4, 0.5) is 5.69 Å². The molecule has 1 aromatic carbocycles. The number of carbonyl (C=O) groups excluding carboxylic acids is 1. The van der Waals surface area contributed by atoms with Crippen molar-refractivity contribution >= 4 is 23.4 Å². The number of nitrogens with zero attached hydrogens (tertiary/aromatic N) is 1. The van der Waals surface area contributed by atoms with Gasteiger partial charge in [-0.25, -0.2) is 9.78 Å². The van der Waals surface area contributed by atoms with Crippen molar-refractivity contribution < 1.29 is 9.53 Å². The quantitative estimate of drug-likeness (QED) is 0.872. The van der Waals surface area contributed by atoms with Gasteiger partial charge in [-0.3, -0.25) is 0 Å². The molecule has 0 amide bonds. The van der Waals surface area contributed by atoms with E-state index >= 15 is 0 Å². The average Bonchev–Trinajstić information content (AvgIpc) is 2.40. The first-order valence-corrected chi connectivity index (χ1v) is 6.51. The second-order valence-corrected chi connectivity index (χ2v) is 5.05. The third-order valence-electron chi connectivity index (χ3n) is 2.56. The SMILES string of the molecule is COC(=O)c1ccnc(Sc2cccc(C)c2)c1N. The minimum absolute atomic E-state index is 0.340. The molecule has 0 saturated heterocycles. The lowest BCUT2D eigenvalue weighted by Gasteiger charge is -2.08. The van der Waals surface area contributed by atoms with E-state index < -0.39 is 5.97 Å². The smallest absolute Gasteiger partial charge is 0.340 e. The molecule has 2 rings (SSSR count). The van der Waals surface area contributed by atoms with Crippen LogP contribution in [0.3, 0.4) is 0 Å². The number of aromatic nitrogens is 1. The molecule has 19 heavy (non-hydrogen) atoms. The lowest BCUT2D eigenvalue weighted by Crippen LogP contribution is -2.07. The molecule has 0 aliphatic carbocycles. The van der Waals surface area contributed by atoms with Crippen LogP contribution in [0.2, 0.25) is 0 Å². The van der Waals surface area contributed by atoms with E-state index in [1.807, 2.05) is 31.2 Å². The van der Waals surface area contributed by atoms with E-state index in [0.717, 1.165) is 10.5 Å². The molecule has 0 radical (unpaired) electrons. The number of nitrogen functional groups attached to an aromatic ring is 1. The molecular formula is C14H14N2O2S. The Morgan fingerprint density at radius 3 is 2.84 bits per heavy atom. The Hall–Kier alpha value is -2.01. The van der Waals surface area contributed by atoms with Crippen LogP contribution in [-0.4, -0.2) is 18.1 Å². The monoisotopic (exact) mass is 274 g/mol. The van der Waals surface area contributed by atoms with E-state index in [9.17, 15) is 4.79 Å².